The van der Waals surface area contributed by atoms with Gasteiger partial charge in [0.15, 0.2) is 12.4 Å². The van der Waals surface area contributed by atoms with Crippen molar-refractivity contribution in [2.24, 2.45) is 5.92 Å². The minimum atomic E-state index is -0.235. The first-order chi connectivity index (χ1) is 7.15. The van der Waals surface area contributed by atoms with E-state index in [0.29, 0.717) is 5.82 Å². The lowest BCUT2D eigenvalue weighted by atomic mass is 10.2. The Morgan fingerprint density at radius 2 is 2.27 bits per heavy atom. The van der Waals surface area contributed by atoms with Crippen molar-refractivity contribution in [2.75, 3.05) is 0 Å². The quantitative estimate of drug-likeness (QED) is 0.674. The minimum absolute atomic E-state index is 0.125. The van der Waals surface area contributed by atoms with Crippen molar-refractivity contribution < 1.29 is 9.53 Å². The molecule has 0 saturated carbocycles. The number of esters is 1. The summed E-state index contributed by atoms with van der Waals surface area (Å²) < 4.78 is 6.68. The van der Waals surface area contributed by atoms with E-state index in [1.807, 2.05) is 6.92 Å². The molecule has 0 amide bonds. The summed E-state index contributed by atoms with van der Waals surface area (Å²) in [7, 11) is 0. The summed E-state index contributed by atoms with van der Waals surface area (Å²) in [5, 5.41) is 11.1. The van der Waals surface area contributed by atoms with Gasteiger partial charge in [0, 0.05) is 6.54 Å². The molecule has 1 rings (SSSR count). The van der Waals surface area contributed by atoms with E-state index in [-0.39, 0.29) is 18.5 Å². The number of nitrogens with zero attached hydrogens (tertiary/aromatic N) is 4. The highest BCUT2D eigenvalue weighted by Gasteiger charge is 2.11. The fraction of sp³-hybridized carbons (Fsp3) is 0.778. The van der Waals surface area contributed by atoms with Crippen LogP contribution in [0.1, 0.15) is 33.0 Å². The van der Waals surface area contributed by atoms with Gasteiger partial charge in [0.1, 0.15) is 0 Å². The van der Waals surface area contributed by atoms with Crippen molar-refractivity contribution in [1.29, 1.82) is 0 Å². The molecule has 0 aliphatic heterocycles. The van der Waals surface area contributed by atoms with Crippen molar-refractivity contribution in [3.63, 3.8) is 0 Å². The lowest BCUT2D eigenvalue weighted by Gasteiger charge is -2.06. The summed E-state index contributed by atoms with van der Waals surface area (Å²) in [5.74, 6) is 0.229. The summed E-state index contributed by atoms with van der Waals surface area (Å²) in [6.07, 6.45) is 0.941. The van der Waals surface area contributed by atoms with Gasteiger partial charge in [-0.25, -0.2) is 4.68 Å². The molecule has 0 aliphatic carbocycles. The first kappa shape index (κ1) is 11.6. The van der Waals surface area contributed by atoms with Crippen LogP contribution in [0, 0.1) is 5.92 Å². The van der Waals surface area contributed by atoms with Gasteiger partial charge < -0.3 is 4.74 Å². The molecule has 0 saturated heterocycles. The third-order valence-electron chi connectivity index (χ3n) is 1.86. The molecule has 1 aromatic heterocycles. The molecule has 0 spiro atoms. The Hall–Kier alpha value is -1.46. The van der Waals surface area contributed by atoms with Gasteiger partial charge in [0.2, 0.25) is 0 Å². The summed E-state index contributed by atoms with van der Waals surface area (Å²) in [6, 6.07) is 0. The molecule has 1 aromatic rings. The third-order valence-corrected chi connectivity index (χ3v) is 1.86. The molecular formula is C9H16N4O2. The van der Waals surface area contributed by atoms with Crippen LogP contribution >= 0.6 is 0 Å². The van der Waals surface area contributed by atoms with Crippen molar-refractivity contribution in [2.45, 2.75) is 40.3 Å². The predicted molar refractivity (Wildman–Crippen MR) is 52.7 cm³/mol. The van der Waals surface area contributed by atoms with E-state index < -0.39 is 0 Å². The topological polar surface area (TPSA) is 69.9 Å². The molecule has 6 heteroatoms. The Morgan fingerprint density at radius 3 is 2.87 bits per heavy atom. The van der Waals surface area contributed by atoms with E-state index >= 15 is 0 Å². The average Bonchev–Trinajstić information content (AvgIpc) is 2.62. The Labute approximate surface area is 88.6 Å². The summed E-state index contributed by atoms with van der Waals surface area (Å²) >= 11 is 0. The van der Waals surface area contributed by atoms with E-state index in [1.54, 1.807) is 18.5 Å². The number of ether oxygens (including phenoxy) is 1. The molecule has 0 aliphatic rings. The predicted octanol–water partition coefficient (Wildman–Crippen LogP) is 0.782. The van der Waals surface area contributed by atoms with Gasteiger partial charge >= 0.3 is 5.97 Å². The largest absolute Gasteiger partial charge is 0.457 e. The zero-order valence-electron chi connectivity index (χ0n) is 9.30. The number of hydrogen-bond acceptors (Lipinski definition) is 5. The van der Waals surface area contributed by atoms with E-state index in [4.69, 9.17) is 4.74 Å². The Kier molecular flexibility index (Phi) is 4.20. The fourth-order valence-electron chi connectivity index (χ4n) is 1.01. The second-order valence-electron chi connectivity index (χ2n) is 3.58. The van der Waals surface area contributed by atoms with E-state index in [2.05, 4.69) is 15.5 Å². The molecule has 0 bridgehead atoms. The van der Waals surface area contributed by atoms with Gasteiger partial charge in [-0.2, -0.15) is 0 Å². The fourth-order valence-corrected chi connectivity index (χ4v) is 1.01. The molecule has 15 heavy (non-hydrogen) atoms. The molecule has 0 radical (unpaired) electrons. The minimum Gasteiger partial charge on any atom is -0.457 e. The van der Waals surface area contributed by atoms with E-state index in [1.165, 1.54) is 0 Å². The molecule has 0 aromatic carbocycles. The van der Waals surface area contributed by atoms with Gasteiger partial charge in [0.25, 0.3) is 0 Å². The average molecular weight is 212 g/mol. The van der Waals surface area contributed by atoms with Crippen LogP contribution < -0.4 is 0 Å². The maximum atomic E-state index is 11.2. The Bertz CT molecular complexity index is 322. The highest BCUT2D eigenvalue weighted by molar-refractivity contribution is 5.71. The van der Waals surface area contributed by atoms with E-state index in [0.717, 1.165) is 13.0 Å². The number of hydrogen-bond donors (Lipinski definition) is 0. The Balaban J connectivity index is 2.50. The maximum absolute atomic E-state index is 11.2. The van der Waals surface area contributed by atoms with Gasteiger partial charge in [0.05, 0.1) is 5.92 Å². The van der Waals surface area contributed by atoms with Crippen LogP contribution in [0.3, 0.4) is 0 Å². The summed E-state index contributed by atoms with van der Waals surface area (Å²) in [5.41, 5.74) is 0. The molecule has 84 valence electrons. The van der Waals surface area contributed by atoms with Gasteiger partial charge in [-0.15, -0.1) is 5.10 Å². The molecule has 0 N–H and O–H groups in total. The lowest BCUT2D eigenvalue weighted by Crippen LogP contribution is -2.14. The van der Waals surface area contributed by atoms with Crippen LogP contribution in [0.15, 0.2) is 0 Å². The molecule has 0 fully saturated rings. The molecule has 0 unspecified atom stereocenters. The maximum Gasteiger partial charge on any atom is 0.308 e. The van der Waals surface area contributed by atoms with Crippen LogP contribution in [0.25, 0.3) is 0 Å². The number of aromatic nitrogens is 4. The molecule has 1 heterocycles. The monoisotopic (exact) mass is 212 g/mol. The molecule has 6 nitrogen and oxygen atoms in total. The number of carbonyl (C=O) groups is 1. The van der Waals surface area contributed by atoms with Crippen molar-refractivity contribution in [3.8, 4) is 0 Å². The highest BCUT2D eigenvalue weighted by atomic mass is 16.5. The van der Waals surface area contributed by atoms with Crippen LogP contribution in [0.2, 0.25) is 0 Å². The summed E-state index contributed by atoms with van der Waals surface area (Å²) in [6.45, 7) is 6.49. The van der Waals surface area contributed by atoms with Gasteiger partial charge in [-0.1, -0.05) is 20.8 Å². The van der Waals surface area contributed by atoms with Crippen molar-refractivity contribution in [3.05, 3.63) is 5.82 Å². The van der Waals surface area contributed by atoms with Crippen LogP contribution in [0.5, 0.6) is 0 Å². The first-order valence-electron chi connectivity index (χ1n) is 5.06. The smallest absolute Gasteiger partial charge is 0.308 e. The lowest BCUT2D eigenvalue weighted by molar-refractivity contribution is -0.149. The van der Waals surface area contributed by atoms with E-state index in [9.17, 15) is 4.79 Å². The second-order valence-corrected chi connectivity index (χ2v) is 3.58. The molecular weight excluding hydrogens is 196 g/mol. The zero-order chi connectivity index (χ0) is 11.3. The molecule has 0 atom stereocenters. The first-order valence-corrected chi connectivity index (χ1v) is 5.06. The number of rotatable bonds is 5. The second kappa shape index (κ2) is 5.43. The SMILES string of the molecule is CCCn1nnnc1COC(=O)C(C)C. The number of tetrazole rings is 1. The van der Waals surface area contributed by atoms with Crippen molar-refractivity contribution in [1.82, 2.24) is 20.2 Å². The zero-order valence-corrected chi connectivity index (χ0v) is 9.30. The van der Waals surface area contributed by atoms with Crippen LogP contribution in [-0.4, -0.2) is 26.2 Å². The van der Waals surface area contributed by atoms with Crippen LogP contribution in [0.4, 0.5) is 0 Å². The van der Waals surface area contributed by atoms with Gasteiger partial charge in [-0.05, 0) is 16.8 Å². The number of aryl methyl sites for hydroxylation is 1. The third kappa shape index (κ3) is 3.30. The standard InChI is InChI=1S/C9H16N4O2/c1-4-5-13-8(10-11-12-13)6-15-9(14)7(2)3/h7H,4-6H2,1-3H3. The van der Waals surface area contributed by atoms with Crippen LogP contribution in [-0.2, 0) is 22.7 Å². The number of carbonyl (C=O) groups excluding carboxylic acids is 1. The summed E-state index contributed by atoms with van der Waals surface area (Å²) in [4.78, 5) is 11.2. The highest BCUT2D eigenvalue weighted by Crippen LogP contribution is 2.01. The van der Waals surface area contributed by atoms with Gasteiger partial charge in [-0.3, -0.25) is 4.79 Å². The normalized spacial score (nSPS) is 10.7. The Morgan fingerprint density at radius 1 is 1.53 bits per heavy atom. The van der Waals surface area contributed by atoms with Crippen molar-refractivity contribution >= 4 is 5.97 Å².